The predicted molar refractivity (Wildman–Crippen MR) is 85.8 cm³/mol. The summed E-state index contributed by atoms with van der Waals surface area (Å²) in [5.41, 5.74) is 5.39. The number of fused-ring (bicyclic) bond motifs is 1. The number of hydrogen-bond acceptors (Lipinski definition) is 2. The van der Waals surface area contributed by atoms with Crippen LogP contribution in [0.2, 0.25) is 0 Å². The molecule has 0 radical (unpaired) electrons. The lowest BCUT2D eigenvalue weighted by Gasteiger charge is -2.19. The zero-order valence-corrected chi connectivity index (χ0v) is 12.6. The molecule has 108 valence electrons. The third-order valence-electron chi connectivity index (χ3n) is 4.22. The van der Waals surface area contributed by atoms with Crippen molar-refractivity contribution in [3.05, 3.63) is 70.3 Å². The van der Waals surface area contributed by atoms with Gasteiger partial charge in [-0.05, 0) is 35.6 Å². The van der Waals surface area contributed by atoms with Gasteiger partial charge in [-0.1, -0.05) is 56.3 Å². The minimum absolute atomic E-state index is 0.143. The Kier molecular flexibility index (Phi) is 3.89. The molecule has 0 atom stereocenters. The lowest BCUT2D eigenvalue weighted by molar-refractivity contribution is 0.103. The van der Waals surface area contributed by atoms with Crippen molar-refractivity contribution in [1.82, 2.24) is 5.32 Å². The number of carbonyl (C=O) groups excluding carboxylic acids is 1. The van der Waals surface area contributed by atoms with Gasteiger partial charge >= 0.3 is 0 Å². The molecule has 1 N–H and O–H groups in total. The van der Waals surface area contributed by atoms with E-state index in [1.54, 1.807) is 0 Å². The molecule has 1 heterocycles. The second-order valence-electron chi connectivity index (χ2n) is 5.98. The number of ketones is 1. The molecule has 21 heavy (non-hydrogen) atoms. The van der Waals surface area contributed by atoms with Crippen molar-refractivity contribution < 1.29 is 4.79 Å². The molecule has 2 heteroatoms. The molecule has 1 aliphatic heterocycles. The van der Waals surface area contributed by atoms with Crippen LogP contribution in [0.15, 0.2) is 42.5 Å². The summed E-state index contributed by atoms with van der Waals surface area (Å²) in [5, 5.41) is 3.36. The number of carbonyl (C=O) groups is 1. The molecule has 0 fully saturated rings. The summed E-state index contributed by atoms with van der Waals surface area (Å²) in [6.45, 7) is 6.14. The van der Waals surface area contributed by atoms with Gasteiger partial charge in [-0.3, -0.25) is 4.79 Å². The van der Waals surface area contributed by atoms with Crippen molar-refractivity contribution >= 4 is 5.78 Å². The Balaban J connectivity index is 1.95. The maximum atomic E-state index is 12.8. The minimum atomic E-state index is 0.143. The van der Waals surface area contributed by atoms with Crippen molar-refractivity contribution in [3.63, 3.8) is 0 Å². The van der Waals surface area contributed by atoms with Crippen LogP contribution in [-0.2, 0) is 13.0 Å². The van der Waals surface area contributed by atoms with Crippen LogP contribution in [0.3, 0.4) is 0 Å². The predicted octanol–water partition coefficient (Wildman–Crippen LogP) is 3.69. The first-order valence-electron chi connectivity index (χ1n) is 7.63. The van der Waals surface area contributed by atoms with Crippen molar-refractivity contribution in [1.29, 1.82) is 0 Å². The van der Waals surface area contributed by atoms with Gasteiger partial charge in [0.05, 0.1) is 0 Å². The minimum Gasteiger partial charge on any atom is -0.312 e. The van der Waals surface area contributed by atoms with E-state index < -0.39 is 0 Å². The number of rotatable bonds is 3. The summed E-state index contributed by atoms with van der Waals surface area (Å²) in [4.78, 5) is 12.8. The molecule has 0 amide bonds. The molecule has 1 aliphatic rings. The van der Waals surface area contributed by atoms with Gasteiger partial charge < -0.3 is 5.32 Å². The Morgan fingerprint density at radius 1 is 1.10 bits per heavy atom. The van der Waals surface area contributed by atoms with Gasteiger partial charge in [-0.25, -0.2) is 0 Å². The van der Waals surface area contributed by atoms with Crippen molar-refractivity contribution in [3.8, 4) is 0 Å². The monoisotopic (exact) mass is 279 g/mol. The van der Waals surface area contributed by atoms with Crippen LogP contribution in [0.25, 0.3) is 0 Å². The summed E-state index contributed by atoms with van der Waals surface area (Å²) in [7, 11) is 0. The second kappa shape index (κ2) is 5.82. The highest BCUT2D eigenvalue weighted by molar-refractivity contribution is 6.10. The quantitative estimate of drug-likeness (QED) is 0.868. The summed E-state index contributed by atoms with van der Waals surface area (Å²) < 4.78 is 0. The SMILES string of the molecule is CC(C)c1ccc(C(=O)c2cccc3c2CCNC3)cc1. The third kappa shape index (κ3) is 2.77. The Hall–Kier alpha value is -1.93. The highest BCUT2D eigenvalue weighted by Crippen LogP contribution is 2.22. The van der Waals surface area contributed by atoms with Crippen molar-refractivity contribution in [2.75, 3.05) is 6.54 Å². The van der Waals surface area contributed by atoms with Gasteiger partial charge in [0.25, 0.3) is 0 Å². The van der Waals surface area contributed by atoms with E-state index in [1.165, 1.54) is 16.7 Å². The summed E-state index contributed by atoms with van der Waals surface area (Å²) in [6, 6.07) is 14.1. The van der Waals surface area contributed by atoms with E-state index >= 15 is 0 Å². The fourth-order valence-corrected chi connectivity index (χ4v) is 2.92. The van der Waals surface area contributed by atoms with E-state index in [0.29, 0.717) is 5.92 Å². The maximum absolute atomic E-state index is 12.8. The fourth-order valence-electron chi connectivity index (χ4n) is 2.92. The first kappa shape index (κ1) is 14.0. The van der Waals surface area contributed by atoms with Gasteiger partial charge in [0.2, 0.25) is 0 Å². The standard InChI is InChI=1S/C19H21NO/c1-13(2)14-6-8-15(9-7-14)19(21)18-5-3-4-16-12-20-11-10-17(16)18/h3-9,13,20H,10-12H2,1-2H3. The van der Waals surface area contributed by atoms with E-state index in [4.69, 9.17) is 0 Å². The summed E-state index contributed by atoms with van der Waals surface area (Å²) in [5.74, 6) is 0.633. The molecule has 2 aromatic carbocycles. The van der Waals surface area contributed by atoms with Crippen LogP contribution in [0.1, 0.15) is 52.4 Å². The fraction of sp³-hybridized carbons (Fsp3) is 0.316. The van der Waals surface area contributed by atoms with E-state index in [-0.39, 0.29) is 5.78 Å². The molecule has 0 unspecified atom stereocenters. The summed E-state index contributed by atoms with van der Waals surface area (Å²) in [6.07, 6.45) is 0.932. The Morgan fingerprint density at radius 2 is 1.86 bits per heavy atom. The zero-order valence-electron chi connectivity index (χ0n) is 12.6. The highest BCUT2D eigenvalue weighted by Gasteiger charge is 2.18. The van der Waals surface area contributed by atoms with Crippen molar-refractivity contribution in [2.45, 2.75) is 32.7 Å². The van der Waals surface area contributed by atoms with E-state index in [0.717, 1.165) is 30.6 Å². The van der Waals surface area contributed by atoms with E-state index in [1.807, 2.05) is 24.3 Å². The Labute approximate surface area is 126 Å². The van der Waals surface area contributed by atoms with Gasteiger partial charge in [0.1, 0.15) is 0 Å². The molecule has 0 spiro atoms. The molecule has 0 aromatic heterocycles. The van der Waals surface area contributed by atoms with Crippen LogP contribution in [-0.4, -0.2) is 12.3 Å². The molecule has 0 bridgehead atoms. The van der Waals surface area contributed by atoms with E-state index in [2.05, 4.69) is 37.4 Å². The lowest BCUT2D eigenvalue weighted by atomic mass is 9.90. The molecule has 2 aromatic rings. The molecule has 0 saturated heterocycles. The topological polar surface area (TPSA) is 29.1 Å². The first-order valence-corrected chi connectivity index (χ1v) is 7.63. The average Bonchev–Trinajstić information content (AvgIpc) is 2.53. The Bertz CT molecular complexity index is 656. The summed E-state index contributed by atoms with van der Waals surface area (Å²) >= 11 is 0. The van der Waals surface area contributed by atoms with Crippen LogP contribution in [0.5, 0.6) is 0 Å². The average molecular weight is 279 g/mol. The molecular weight excluding hydrogens is 258 g/mol. The third-order valence-corrected chi connectivity index (χ3v) is 4.22. The maximum Gasteiger partial charge on any atom is 0.193 e. The number of hydrogen-bond donors (Lipinski definition) is 1. The molecule has 0 saturated carbocycles. The van der Waals surface area contributed by atoms with Gasteiger partial charge in [0, 0.05) is 17.7 Å². The molecule has 3 rings (SSSR count). The van der Waals surface area contributed by atoms with Crippen LogP contribution in [0, 0.1) is 0 Å². The largest absolute Gasteiger partial charge is 0.312 e. The second-order valence-corrected chi connectivity index (χ2v) is 5.98. The van der Waals surface area contributed by atoms with Crippen LogP contribution >= 0.6 is 0 Å². The first-order chi connectivity index (χ1) is 10.2. The Morgan fingerprint density at radius 3 is 2.57 bits per heavy atom. The molecule has 2 nitrogen and oxygen atoms in total. The molecule has 0 aliphatic carbocycles. The number of nitrogens with one attached hydrogen (secondary N) is 1. The molecular formula is C19H21NO. The van der Waals surface area contributed by atoms with Gasteiger partial charge in [-0.15, -0.1) is 0 Å². The lowest BCUT2D eigenvalue weighted by Crippen LogP contribution is -2.25. The zero-order chi connectivity index (χ0) is 14.8. The van der Waals surface area contributed by atoms with Crippen molar-refractivity contribution in [2.24, 2.45) is 0 Å². The highest BCUT2D eigenvalue weighted by atomic mass is 16.1. The number of benzene rings is 2. The van der Waals surface area contributed by atoms with Crippen LogP contribution < -0.4 is 5.32 Å². The van der Waals surface area contributed by atoms with Gasteiger partial charge in [-0.2, -0.15) is 0 Å². The normalized spacial score (nSPS) is 14.0. The smallest absolute Gasteiger partial charge is 0.193 e. The van der Waals surface area contributed by atoms with Gasteiger partial charge in [0.15, 0.2) is 5.78 Å². The van der Waals surface area contributed by atoms with E-state index in [9.17, 15) is 4.79 Å². The van der Waals surface area contributed by atoms with Crippen LogP contribution in [0.4, 0.5) is 0 Å².